The van der Waals surface area contributed by atoms with E-state index in [4.69, 9.17) is 0 Å². The molecule has 0 saturated heterocycles. The molecule has 0 fully saturated rings. The van der Waals surface area contributed by atoms with Gasteiger partial charge in [-0.3, -0.25) is 4.72 Å². The maximum Gasteiger partial charge on any atom is 0.263 e. The molecule has 9 heteroatoms. The molecule has 2 rings (SSSR count). The van der Waals surface area contributed by atoms with Gasteiger partial charge in [0.05, 0.1) is 4.90 Å². The minimum Gasteiger partial charge on any atom is -0.263 e. The lowest BCUT2D eigenvalue weighted by molar-refractivity contribution is 0.568. The Morgan fingerprint density at radius 1 is 1.09 bits per heavy atom. The molecule has 0 saturated carbocycles. The fraction of sp³-hybridized carbons (Fsp3) is 0.154. The number of halogens is 1. The fourth-order valence-corrected chi connectivity index (χ4v) is 3.53. The number of aromatic nitrogens is 1. The highest BCUT2D eigenvalue weighted by Crippen LogP contribution is 2.21. The van der Waals surface area contributed by atoms with Crippen LogP contribution in [0, 0.1) is 12.7 Å². The minimum atomic E-state index is -4.07. The average molecular weight is 344 g/mol. The first-order chi connectivity index (χ1) is 10.1. The lowest BCUT2D eigenvalue weighted by atomic mass is 10.3. The van der Waals surface area contributed by atoms with E-state index in [1.807, 2.05) is 0 Å². The summed E-state index contributed by atoms with van der Waals surface area (Å²) >= 11 is 0. The van der Waals surface area contributed by atoms with Gasteiger partial charge in [-0.05, 0) is 36.8 Å². The summed E-state index contributed by atoms with van der Waals surface area (Å²) in [5.41, 5.74) is 0.851. The molecule has 2 aromatic rings. The highest BCUT2D eigenvalue weighted by atomic mass is 32.2. The first kappa shape index (κ1) is 16.4. The molecule has 0 radical (unpaired) electrons. The molecular formula is C13H13FN2O4S2. The lowest BCUT2D eigenvalue weighted by Crippen LogP contribution is -2.15. The summed E-state index contributed by atoms with van der Waals surface area (Å²) < 4.78 is 63.1. The molecule has 0 amide bonds. The zero-order valence-corrected chi connectivity index (χ0v) is 13.4. The summed E-state index contributed by atoms with van der Waals surface area (Å²) in [6.45, 7) is 1.80. The van der Waals surface area contributed by atoms with Crippen LogP contribution in [0.25, 0.3) is 0 Å². The standard InChI is InChI=1S/C13H13FN2O4S2/c1-9-3-6-13(15-8-9)16-22(19,20)10-4-5-11(14)12(7-10)21(2,17)18/h3-8H,1-2H3,(H,15,16). The van der Waals surface area contributed by atoms with E-state index in [0.29, 0.717) is 0 Å². The normalized spacial score (nSPS) is 12.1. The maximum absolute atomic E-state index is 13.5. The molecule has 0 atom stereocenters. The van der Waals surface area contributed by atoms with Gasteiger partial charge < -0.3 is 0 Å². The number of hydrogen-bond acceptors (Lipinski definition) is 5. The Morgan fingerprint density at radius 3 is 2.32 bits per heavy atom. The third kappa shape index (κ3) is 3.60. The monoisotopic (exact) mass is 344 g/mol. The van der Waals surface area contributed by atoms with Gasteiger partial charge in [-0.15, -0.1) is 0 Å². The van der Waals surface area contributed by atoms with Gasteiger partial charge in [0.2, 0.25) is 0 Å². The van der Waals surface area contributed by atoms with Crippen LogP contribution in [0.2, 0.25) is 0 Å². The number of nitrogens with one attached hydrogen (secondary N) is 1. The molecule has 1 aromatic carbocycles. The molecule has 22 heavy (non-hydrogen) atoms. The van der Waals surface area contributed by atoms with E-state index < -0.39 is 30.6 Å². The Hall–Kier alpha value is -2.00. The SMILES string of the molecule is Cc1ccc(NS(=O)(=O)c2ccc(F)c(S(C)(=O)=O)c2)nc1. The zero-order valence-electron chi connectivity index (χ0n) is 11.7. The van der Waals surface area contributed by atoms with E-state index >= 15 is 0 Å². The Labute approximate surface area is 128 Å². The first-order valence-electron chi connectivity index (χ1n) is 6.05. The van der Waals surface area contributed by atoms with Crippen LogP contribution >= 0.6 is 0 Å². The summed E-state index contributed by atoms with van der Waals surface area (Å²) in [6.07, 6.45) is 2.28. The van der Waals surface area contributed by atoms with E-state index in [1.54, 1.807) is 13.0 Å². The van der Waals surface area contributed by atoms with Gasteiger partial charge in [-0.25, -0.2) is 26.2 Å². The van der Waals surface area contributed by atoms with Gasteiger partial charge in [0.25, 0.3) is 10.0 Å². The number of pyridine rings is 1. The molecule has 0 bridgehead atoms. The van der Waals surface area contributed by atoms with Crippen LogP contribution in [0.4, 0.5) is 10.2 Å². The van der Waals surface area contributed by atoms with E-state index in [2.05, 4.69) is 9.71 Å². The van der Waals surface area contributed by atoms with Gasteiger partial charge >= 0.3 is 0 Å². The number of nitrogens with zero attached hydrogens (tertiary/aromatic N) is 1. The van der Waals surface area contributed by atoms with Crippen molar-refractivity contribution in [2.24, 2.45) is 0 Å². The quantitative estimate of drug-likeness (QED) is 0.912. The predicted molar refractivity (Wildman–Crippen MR) is 79.3 cm³/mol. The van der Waals surface area contributed by atoms with E-state index in [1.165, 1.54) is 12.3 Å². The molecule has 1 aromatic heterocycles. The van der Waals surface area contributed by atoms with Crippen LogP contribution in [0.5, 0.6) is 0 Å². The topological polar surface area (TPSA) is 93.2 Å². The molecule has 0 aliphatic rings. The van der Waals surface area contributed by atoms with Crippen LogP contribution in [0.3, 0.4) is 0 Å². The predicted octanol–water partition coefficient (Wildman–Crippen LogP) is 1.73. The fourth-order valence-electron chi connectivity index (χ4n) is 1.66. The Bertz CT molecular complexity index is 908. The second kappa shape index (κ2) is 5.65. The van der Waals surface area contributed by atoms with Crippen LogP contribution in [0.1, 0.15) is 5.56 Å². The number of benzene rings is 1. The average Bonchev–Trinajstić information content (AvgIpc) is 2.40. The molecule has 0 aliphatic heterocycles. The van der Waals surface area contributed by atoms with Gasteiger partial charge in [0.1, 0.15) is 16.5 Å². The number of sulfone groups is 1. The molecule has 1 N–H and O–H groups in total. The summed E-state index contributed by atoms with van der Waals surface area (Å²) in [5.74, 6) is -0.925. The maximum atomic E-state index is 13.5. The summed E-state index contributed by atoms with van der Waals surface area (Å²) in [7, 11) is -7.95. The number of rotatable bonds is 4. The second-order valence-electron chi connectivity index (χ2n) is 4.69. The largest absolute Gasteiger partial charge is 0.263 e. The van der Waals surface area contributed by atoms with Gasteiger partial charge in [-0.2, -0.15) is 0 Å². The van der Waals surface area contributed by atoms with Crippen molar-refractivity contribution in [3.63, 3.8) is 0 Å². The lowest BCUT2D eigenvalue weighted by Gasteiger charge is -2.09. The molecule has 0 spiro atoms. The number of aryl methyl sites for hydroxylation is 1. The van der Waals surface area contributed by atoms with Gasteiger partial charge in [-0.1, -0.05) is 6.07 Å². The summed E-state index contributed by atoms with van der Waals surface area (Å²) in [4.78, 5) is 2.86. The Balaban J connectivity index is 2.44. The Kier molecular flexibility index (Phi) is 4.21. The van der Waals surface area contributed by atoms with Crippen molar-refractivity contribution in [1.82, 2.24) is 4.98 Å². The Morgan fingerprint density at radius 2 is 1.77 bits per heavy atom. The third-order valence-corrected chi connectivity index (χ3v) is 5.23. The summed E-state index contributed by atoms with van der Waals surface area (Å²) in [5, 5.41) is 0. The van der Waals surface area contributed by atoms with Crippen molar-refractivity contribution in [1.29, 1.82) is 0 Å². The minimum absolute atomic E-state index is 0.0795. The smallest absolute Gasteiger partial charge is 0.263 e. The molecule has 1 heterocycles. The van der Waals surface area contributed by atoms with Crippen molar-refractivity contribution in [2.45, 2.75) is 16.7 Å². The van der Waals surface area contributed by atoms with Crippen LogP contribution in [0.15, 0.2) is 46.3 Å². The molecule has 0 aliphatic carbocycles. The van der Waals surface area contributed by atoms with Crippen LogP contribution in [-0.2, 0) is 19.9 Å². The van der Waals surface area contributed by atoms with E-state index in [0.717, 1.165) is 30.0 Å². The van der Waals surface area contributed by atoms with E-state index in [9.17, 15) is 21.2 Å². The number of sulfonamides is 1. The van der Waals surface area contributed by atoms with Crippen LogP contribution in [-0.4, -0.2) is 28.1 Å². The zero-order chi connectivity index (χ0) is 16.5. The van der Waals surface area contributed by atoms with Crippen molar-refractivity contribution in [3.8, 4) is 0 Å². The van der Waals surface area contributed by atoms with Crippen molar-refractivity contribution in [3.05, 3.63) is 47.9 Å². The molecular weight excluding hydrogens is 331 g/mol. The number of anilines is 1. The van der Waals surface area contributed by atoms with Gasteiger partial charge in [0, 0.05) is 12.5 Å². The molecule has 6 nitrogen and oxygen atoms in total. The molecule has 118 valence electrons. The summed E-state index contributed by atoms with van der Waals surface area (Å²) in [6, 6.07) is 5.70. The second-order valence-corrected chi connectivity index (χ2v) is 8.36. The van der Waals surface area contributed by atoms with Gasteiger partial charge in [0.15, 0.2) is 9.84 Å². The van der Waals surface area contributed by atoms with Crippen molar-refractivity contribution in [2.75, 3.05) is 11.0 Å². The highest BCUT2D eigenvalue weighted by Gasteiger charge is 2.21. The van der Waals surface area contributed by atoms with Crippen LogP contribution < -0.4 is 4.72 Å². The van der Waals surface area contributed by atoms with E-state index in [-0.39, 0.29) is 10.7 Å². The molecule has 0 unspecified atom stereocenters. The van der Waals surface area contributed by atoms with Crippen molar-refractivity contribution >= 4 is 25.7 Å². The number of hydrogen-bond donors (Lipinski definition) is 1. The van der Waals surface area contributed by atoms with Crippen molar-refractivity contribution < 1.29 is 21.2 Å². The third-order valence-electron chi connectivity index (χ3n) is 2.76. The highest BCUT2D eigenvalue weighted by molar-refractivity contribution is 7.93. The first-order valence-corrected chi connectivity index (χ1v) is 9.42.